The summed E-state index contributed by atoms with van der Waals surface area (Å²) in [6.07, 6.45) is 0. The molecule has 0 amide bonds. The lowest BCUT2D eigenvalue weighted by Crippen LogP contribution is -2.36. The summed E-state index contributed by atoms with van der Waals surface area (Å²) in [4.78, 5) is 11.0. The minimum Gasteiger partial charge on any atom is -0.468 e. The maximum absolute atomic E-state index is 11.8. The first-order valence-electron chi connectivity index (χ1n) is 5.28. The first-order chi connectivity index (χ1) is 7.53. The van der Waals surface area contributed by atoms with E-state index < -0.39 is 21.7 Å². The zero-order valence-corrected chi connectivity index (χ0v) is 10.00. The topological polar surface area (TPSA) is 75.7 Å². The third-order valence-electron chi connectivity index (χ3n) is 3.28. The summed E-state index contributed by atoms with van der Waals surface area (Å²) in [5.41, 5.74) is 0. The fourth-order valence-corrected chi connectivity index (χ4v) is 3.77. The summed E-state index contributed by atoms with van der Waals surface area (Å²) in [5.74, 6) is -0.453. The largest absolute Gasteiger partial charge is 0.468 e. The Balaban J connectivity index is 2.00. The van der Waals surface area contributed by atoms with Crippen LogP contribution in [0, 0.1) is 11.8 Å². The molecule has 6 nitrogen and oxygen atoms in total. The van der Waals surface area contributed by atoms with Crippen molar-refractivity contribution in [3.63, 3.8) is 0 Å². The number of methoxy groups -OCH3 is 1. The fraction of sp³-hybridized carbons (Fsp3) is 0.889. The van der Waals surface area contributed by atoms with E-state index in [9.17, 15) is 13.2 Å². The lowest BCUT2D eigenvalue weighted by atomic mass is 10.0. The second kappa shape index (κ2) is 4.31. The van der Waals surface area contributed by atoms with Crippen molar-refractivity contribution < 1.29 is 17.9 Å². The molecule has 7 heteroatoms. The van der Waals surface area contributed by atoms with Gasteiger partial charge in [-0.3, -0.25) is 4.79 Å². The lowest BCUT2D eigenvalue weighted by Gasteiger charge is -2.16. The van der Waals surface area contributed by atoms with Crippen LogP contribution in [0.4, 0.5) is 0 Å². The van der Waals surface area contributed by atoms with Gasteiger partial charge in [-0.2, -0.15) is 0 Å². The minimum atomic E-state index is -3.48. The molecule has 1 N–H and O–H groups in total. The molecule has 2 heterocycles. The summed E-state index contributed by atoms with van der Waals surface area (Å²) >= 11 is 0. The van der Waals surface area contributed by atoms with E-state index in [1.165, 1.54) is 11.4 Å². The molecule has 0 radical (unpaired) electrons. The Morgan fingerprint density at radius 2 is 1.94 bits per heavy atom. The van der Waals surface area contributed by atoms with Crippen LogP contribution in [0.5, 0.6) is 0 Å². The lowest BCUT2D eigenvalue weighted by molar-refractivity contribution is -0.137. The molecule has 2 aliphatic heterocycles. The predicted molar refractivity (Wildman–Crippen MR) is 57.2 cm³/mol. The zero-order chi connectivity index (χ0) is 11.8. The van der Waals surface area contributed by atoms with E-state index in [2.05, 4.69) is 10.1 Å². The van der Waals surface area contributed by atoms with Crippen molar-refractivity contribution in [3.8, 4) is 0 Å². The highest BCUT2D eigenvalue weighted by Gasteiger charge is 2.41. The summed E-state index contributed by atoms with van der Waals surface area (Å²) in [6.45, 7) is 2.79. The van der Waals surface area contributed by atoms with Gasteiger partial charge in [-0.15, -0.1) is 0 Å². The van der Waals surface area contributed by atoms with Crippen LogP contribution < -0.4 is 5.32 Å². The van der Waals surface area contributed by atoms with Crippen LogP contribution in [0.1, 0.15) is 0 Å². The third-order valence-corrected chi connectivity index (χ3v) is 4.96. The van der Waals surface area contributed by atoms with Gasteiger partial charge in [-0.25, -0.2) is 12.7 Å². The van der Waals surface area contributed by atoms with Crippen LogP contribution in [0.25, 0.3) is 0 Å². The molecule has 0 spiro atoms. The predicted octanol–water partition coefficient (Wildman–Crippen LogP) is -1.36. The van der Waals surface area contributed by atoms with Crippen LogP contribution in [0.15, 0.2) is 0 Å². The first kappa shape index (κ1) is 11.8. The van der Waals surface area contributed by atoms with E-state index in [1.807, 2.05) is 0 Å². The molecule has 0 aromatic rings. The van der Waals surface area contributed by atoms with Gasteiger partial charge in [-0.05, 0) is 24.9 Å². The summed E-state index contributed by atoms with van der Waals surface area (Å²) in [5, 5.41) is 3.24. The third kappa shape index (κ3) is 2.21. The number of esters is 1. The van der Waals surface area contributed by atoms with Crippen LogP contribution >= 0.6 is 0 Å². The van der Waals surface area contributed by atoms with Crippen molar-refractivity contribution in [2.75, 3.05) is 39.0 Å². The number of fused-ring (bicyclic) bond motifs is 1. The average molecular weight is 248 g/mol. The second-order valence-corrected chi connectivity index (χ2v) is 6.30. The van der Waals surface area contributed by atoms with Crippen molar-refractivity contribution in [1.29, 1.82) is 0 Å². The van der Waals surface area contributed by atoms with Crippen LogP contribution in [0.3, 0.4) is 0 Å². The van der Waals surface area contributed by atoms with Crippen molar-refractivity contribution in [3.05, 3.63) is 0 Å². The molecule has 0 saturated carbocycles. The highest BCUT2D eigenvalue weighted by Crippen LogP contribution is 2.28. The van der Waals surface area contributed by atoms with Gasteiger partial charge in [0.2, 0.25) is 10.0 Å². The Morgan fingerprint density at radius 1 is 1.38 bits per heavy atom. The van der Waals surface area contributed by atoms with Gasteiger partial charge >= 0.3 is 5.97 Å². The van der Waals surface area contributed by atoms with Gasteiger partial charge in [-0.1, -0.05) is 0 Å². The van der Waals surface area contributed by atoms with E-state index in [4.69, 9.17) is 0 Å². The molecular formula is C9H16N2O4S. The maximum Gasteiger partial charge on any atom is 0.322 e. The Labute approximate surface area is 95.0 Å². The molecule has 0 aromatic carbocycles. The second-order valence-electron chi connectivity index (χ2n) is 4.33. The van der Waals surface area contributed by atoms with E-state index in [1.54, 1.807) is 0 Å². The van der Waals surface area contributed by atoms with E-state index in [0.717, 1.165) is 13.1 Å². The monoisotopic (exact) mass is 248 g/mol. The minimum absolute atomic E-state index is 0.396. The zero-order valence-electron chi connectivity index (χ0n) is 9.18. The molecular weight excluding hydrogens is 232 g/mol. The van der Waals surface area contributed by atoms with Crippen LogP contribution in [-0.2, 0) is 19.6 Å². The molecule has 2 aliphatic rings. The number of rotatable bonds is 3. The molecule has 0 aliphatic carbocycles. The summed E-state index contributed by atoms with van der Waals surface area (Å²) < 4.78 is 29.5. The molecule has 2 saturated heterocycles. The Bertz CT molecular complexity index is 369. The first-order valence-corrected chi connectivity index (χ1v) is 6.89. The summed E-state index contributed by atoms with van der Waals surface area (Å²) in [7, 11) is -2.29. The van der Waals surface area contributed by atoms with Crippen molar-refractivity contribution in [1.82, 2.24) is 9.62 Å². The van der Waals surface area contributed by atoms with Gasteiger partial charge in [0, 0.05) is 13.1 Å². The van der Waals surface area contributed by atoms with E-state index in [-0.39, 0.29) is 0 Å². The van der Waals surface area contributed by atoms with Crippen molar-refractivity contribution >= 4 is 16.0 Å². The fourth-order valence-electron chi connectivity index (χ4n) is 2.34. The SMILES string of the molecule is COC(=O)CS(=O)(=O)N1CC2CNCC2C1. The highest BCUT2D eigenvalue weighted by atomic mass is 32.2. The number of nitrogens with one attached hydrogen (secondary N) is 1. The van der Waals surface area contributed by atoms with Gasteiger partial charge < -0.3 is 10.1 Å². The molecule has 2 unspecified atom stereocenters. The van der Waals surface area contributed by atoms with Crippen LogP contribution in [-0.4, -0.2) is 57.7 Å². The van der Waals surface area contributed by atoms with E-state index >= 15 is 0 Å². The normalized spacial score (nSPS) is 30.3. The van der Waals surface area contributed by atoms with Gasteiger partial charge in [0.25, 0.3) is 0 Å². The molecule has 92 valence electrons. The molecule has 2 fully saturated rings. The van der Waals surface area contributed by atoms with Crippen molar-refractivity contribution in [2.45, 2.75) is 0 Å². The number of hydrogen-bond acceptors (Lipinski definition) is 5. The van der Waals surface area contributed by atoms with Gasteiger partial charge in [0.05, 0.1) is 7.11 Å². The Hall–Kier alpha value is -0.660. The van der Waals surface area contributed by atoms with Gasteiger partial charge in [0.1, 0.15) is 0 Å². The molecule has 16 heavy (non-hydrogen) atoms. The Morgan fingerprint density at radius 3 is 2.44 bits per heavy atom. The molecule has 0 bridgehead atoms. The molecule has 0 aromatic heterocycles. The average Bonchev–Trinajstić information content (AvgIpc) is 2.75. The maximum atomic E-state index is 11.8. The Kier molecular flexibility index (Phi) is 3.18. The quantitative estimate of drug-likeness (QED) is 0.624. The van der Waals surface area contributed by atoms with Crippen molar-refractivity contribution in [2.24, 2.45) is 11.8 Å². The number of sulfonamides is 1. The number of carbonyl (C=O) groups excluding carboxylic acids is 1. The van der Waals surface area contributed by atoms with E-state index in [0.29, 0.717) is 24.9 Å². The number of ether oxygens (including phenoxy) is 1. The number of carbonyl (C=O) groups is 1. The smallest absolute Gasteiger partial charge is 0.322 e. The van der Waals surface area contributed by atoms with Crippen LogP contribution in [0.2, 0.25) is 0 Å². The summed E-state index contributed by atoms with van der Waals surface area (Å²) in [6, 6.07) is 0. The molecule has 2 atom stereocenters. The standard InChI is InChI=1S/C9H16N2O4S/c1-15-9(12)6-16(13,14)11-4-7-2-10-3-8(7)5-11/h7-8,10H,2-6H2,1H3. The number of hydrogen-bond donors (Lipinski definition) is 1. The van der Waals surface area contributed by atoms with Gasteiger partial charge in [0.15, 0.2) is 5.75 Å². The highest BCUT2D eigenvalue weighted by molar-refractivity contribution is 7.89. The number of nitrogens with zero attached hydrogens (tertiary/aromatic N) is 1. The molecule has 2 rings (SSSR count).